The van der Waals surface area contributed by atoms with Crippen LogP contribution in [0.3, 0.4) is 0 Å². The van der Waals surface area contributed by atoms with Gasteiger partial charge in [-0.05, 0) is 60.6 Å². The van der Waals surface area contributed by atoms with Crippen LogP contribution in [0.1, 0.15) is 48.8 Å². The van der Waals surface area contributed by atoms with Gasteiger partial charge in [-0.25, -0.2) is 0 Å². The molecular formula is C24H23N. The highest BCUT2D eigenvalue weighted by Gasteiger charge is 2.43. The smallest absolute Gasteiger partial charge is 0.0421 e. The van der Waals surface area contributed by atoms with E-state index in [4.69, 9.17) is 0 Å². The Labute approximate surface area is 149 Å². The number of allylic oxidation sites excluding steroid dienone is 6. The van der Waals surface area contributed by atoms with Crippen LogP contribution in [0.15, 0.2) is 83.1 Å². The molecule has 1 heteroatoms. The summed E-state index contributed by atoms with van der Waals surface area (Å²) in [5.74, 6) is 0.896. The molecule has 2 atom stereocenters. The van der Waals surface area contributed by atoms with Crippen molar-refractivity contribution in [2.24, 2.45) is 0 Å². The van der Waals surface area contributed by atoms with E-state index < -0.39 is 0 Å². The van der Waals surface area contributed by atoms with Crippen LogP contribution in [0.4, 0.5) is 5.69 Å². The molecule has 124 valence electrons. The molecule has 2 aromatic rings. The van der Waals surface area contributed by atoms with Crippen LogP contribution >= 0.6 is 0 Å². The molecule has 2 aromatic carbocycles. The molecule has 0 aromatic heterocycles. The van der Waals surface area contributed by atoms with Crippen LogP contribution in [0.25, 0.3) is 0 Å². The summed E-state index contributed by atoms with van der Waals surface area (Å²) in [7, 11) is 0. The van der Waals surface area contributed by atoms with Gasteiger partial charge in [-0.1, -0.05) is 60.2 Å². The summed E-state index contributed by atoms with van der Waals surface area (Å²) in [4.78, 5) is 0. The number of hydrogen-bond acceptors (Lipinski definition) is 1. The van der Waals surface area contributed by atoms with Crippen molar-refractivity contribution in [1.82, 2.24) is 0 Å². The van der Waals surface area contributed by atoms with Crippen molar-refractivity contribution >= 4 is 5.69 Å². The lowest BCUT2D eigenvalue weighted by Gasteiger charge is -2.39. The SMILES string of the molecule is C/C=C\C1=C2CCc3ccccc3C2C2C(=C1C)Nc1ccccc12. The van der Waals surface area contributed by atoms with Crippen LogP contribution in [0, 0.1) is 0 Å². The molecule has 0 saturated heterocycles. The summed E-state index contributed by atoms with van der Waals surface area (Å²) in [6.45, 7) is 4.42. The average Bonchev–Trinajstić information content (AvgIpc) is 3.04. The first kappa shape index (κ1) is 14.8. The Morgan fingerprint density at radius 3 is 2.52 bits per heavy atom. The minimum absolute atomic E-state index is 0.432. The molecule has 1 heterocycles. The van der Waals surface area contributed by atoms with E-state index in [1.807, 2.05) is 0 Å². The van der Waals surface area contributed by atoms with Crippen molar-refractivity contribution in [2.75, 3.05) is 5.32 Å². The molecule has 0 amide bonds. The number of benzene rings is 2. The molecule has 1 N–H and O–H groups in total. The number of para-hydroxylation sites is 1. The number of fused-ring (bicyclic) bond motifs is 7. The zero-order chi connectivity index (χ0) is 17.0. The molecule has 25 heavy (non-hydrogen) atoms. The molecule has 3 aliphatic rings. The second-order valence-electron chi connectivity index (χ2n) is 7.34. The van der Waals surface area contributed by atoms with E-state index in [9.17, 15) is 0 Å². The van der Waals surface area contributed by atoms with E-state index in [2.05, 4.69) is 79.8 Å². The third-order valence-corrected chi connectivity index (χ3v) is 6.13. The molecule has 0 spiro atoms. The summed E-state index contributed by atoms with van der Waals surface area (Å²) in [5.41, 5.74) is 11.7. The van der Waals surface area contributed by atoms with Gasteiger partial charge in [-0.2, -0.15) is 0 Å². The predicted molar refractivity (Wildman–Crippen MR) is 105 cm³/mol. The summed E-state index contributed by atoms with van der Waals surface area (Å²) in [6.07, 6.45) is 6.84. The first-order valence-corrected chi connectivity index (χ1v) is 9.30. The Morgan fingerprint density at radius 2 is 1.68 bits per heavy atom. The highest BCUT2D eigenvalue weighted by atomic mass is 14.9. The van der Waals surface area contributed by atoms with Gasteiger partial charge in [0, 0.05) is 23.2 Å². The van der Waals surface area contributed by atoms with E-state index >= 15 is 0 Å². The lowest BCUT2D eigenvalue weighted by atomic mass is 9.65. The Morgan fingerprint density at radius 1 is 0.920 bits per heavy atom. The second-order valence-corrected chi connectivity index (χ2v) is 7.34. The van der Waals surface area contributed by atoms with Gasteiger partial charge in [0.15, 0.2) is 0 Å². The fraction of sp³-hybridized carbons (Fsp3) is 0.250. The van der Waals surface area contributed by atoms with Crippen LogP contribution in [-0.2, 0) is 6.42 Å². The normalized spacial score (nSPS) is 23.9. The predicted octanol–water partition coefficient (Wildman–Crippen LogP) is 6.09. The highest BCUT2D eigenvalue weighted by Crippen LogP contribution is 2.57. The molecule has 0 bridgehead atoms. The maximum absolute atomic E-state index is 3.75. The molecule has 2 unspecified atom stereocenters. The second kappa shape index (κ2) is 5.49. The van der Waals surface area contributed by atoms with Gasteiger partial charge in [0.05, 0.1) is 0 Å². The third-order valence-electron chi connectivity index (χ3n) is 6.13. The Balaban J connectivity index is 1.80. The number of hydrogen-bond donors (Lipinski definition) is 1. The Bertz CT molecular complexity index is 958. The van der Waals surface area contributed by atoms with Crippen LogP contribution < -0.4 is 5.32 Å². The van der Waals surface area contributed by atoms with Gasteiger partial charge in [-0.15, -0.1) is 0 Å². The molecule has 0 fully saturated rings. The minimum atomic E-state index is 0.432. The van der Waals surface area contributed by atoms with E-state index in [1.165, 1.54) is 45.6 Å². The molecule has 1 nitrogen and oxygen atoms in total. The summed E-state index contributed by atoms with van der Waals surface area (Å²) in [5, 5.41) is 3.75. The first-order valence-electron chi connectivity index (χ1n) is 9.30. The van der Waals surface area contributed by atoms with Crippen molar-refractivity contribution in [3.63, 3.8) is 0 Å². The molecular weight excluding hydrogens is 302 g/mol. The maximum Gasteiger partial charge on any atom is 0.0421 e. The lowest BCUT2D eigenvalue weighted by molar-refractivity contribution is 0.604. The fourth-order valence-electron chi connectivity index (χ4n) is 5.08. The number of nitrogens with one attached hydrogen (secondary N) is 1. The molecule has 1 aliphatic heterocycles. The van der Waals surface area contributed by atoms with Gasteiger partial charge in [-0.3, -0.25) is 0 Å². The van der Waals surface area contributed by atoms with Gasteiger partial charge < -0.3 is 5.32 Å². The van der Waals surface area contributed by atoms with Crippen molar-refractivity contribution in [1.29, 1.82) is 0 Å². The molecule has 0 saturated carbocycles. The minimum Gasteiger partial charge on any atom is -0.358 e. The lowest BCUT2D eigenvalue weighted by Crippen LogP contribution is -2.25. The monoisotopic (exact) mass is 325 g/mol. The topological polar surface area (TPSA) is 12.0 Å². The van der Waals surface area contributed by atoms with Crippen molar-refractivity contribution in [3.8, 4) is 0 Å². The van der Waals surface area contributed by atoms with E-state index in [0.29, 0.717) is 11.8 Å². The zero-order valence-corrected chi connectivity index (χ0v) is 14.8. The fourth-order valence-corrected chi connectivity index (χ4v) is 5.08. The third kappa shape index (κ3) is 2.02. The first-order chi connectivity index (χ1) is 12.3. The Hall–Kier alpha value is -2.54. The zero-order valence-electron chi connectivity index (χ0n) is 14.8. The Kier molecular flexibility index (Phi) is 3.24. The quantitative estimate of drug-likeness (QED) is 0.669. The maximum atomic E-state index is 3.75. The summed E-state index contributed by atoms with van der Waals surface area (Å²) < 4.78 is 0. The summed E-state index contributed by atoms with van der Waals surface area (Å²) >= 11 is 0. The number of aryl methyl sites for hydroxylation is 1. The van der Waals surface area contributed by atoms with Crippen molar-refractivity contribution in [3.05, 3.63) is 99.8 Å². The van der Waals surface area contributed by atoms with Gasteiger partial charge in [0.1, 0.15) is 0 Å². The van der Waals surface area contributed by atoms with Gasteiger partial charge in [0.25, 0.3) is 0 Å². The van der Waals surface area contributed by atoms with Crippen LogP contribution in [0.5, 0.6) is 0 Å². The van der Waals surface area contributed by atoms with Crippen molar-refractivity contribution < 1.29 is 0 Å². The number of anilines is 1. The molecule has 2 aliphatic carbocycles. The highest BCUT2D eigenvalue weighted by molar-refractivity contribution is 5.73. The van der Waals surface area contributed by atoms with Gasteiger partial charge >= 0.3 is 0 Å². The van der Waals surface area contributed by atoms with Gasteiger partial charge in [0.2, 0.25) is 0 Å². The van der Waals surface area contributed by atoms with E-state index in [1.54, 1.807) is 5.57 Å². The van der Waals surface area contributed by atoms with E-state index in [0.717, 1.165) is 6.42 Å². The standard InChI is InChI=1S/C24H23N/c1-3-8-17-15(2)24-23(20-11-6-7-12-21(20)25-24)22-18-10-5-4-9-16(18)13-14-19(17)22/h3-12,22-23,25H,13-14H2,1-2H3/b8-3-. The largest absolute Gasteiger partial charge is 0.358 e. The number of rotatable bonds is 1. The van der Waals surface area contributed by atoms with Crippen LogP contribution in [0.2, 0.25) is 0 Å². The molecule has 0 radical (unpaired) electrons. The van der Waals surface area contributed by atoms with Crippen molar-refractivity contribution in [2.45, 2.75) is 38.5 Å². The van der Waals surface area contributed by atoms with Crippen LogP contribution in [-0.4, -0.2) is 0 Å². The molecule has 5 rings (SSSR count). The van der Waals surface area contributed by atoms with E-state index in [-0.39, 0.29) is 0 Å². The average molecular weight is 325 g/mol. The summed E-state index contributed by atoms with van der Waals surface area (Å²) in [6, 6.07) is 17.9.